The predicted molar refractivity (Wildman–Crippen MR) is 90.8 cm³/mol. The number of hydrazine groups is 1. The van der Waals surface area contributed by atoms with Crippen LogP contribution in [0.15, 0.2) is 54.6 Å². The Balaban J connectivity index is 1.48. The summed E-state index contributed by atoms with van der Waals surface area (Å²) in [6.45, 7) is 0.674. The Kier molecular flexibility index (Phi) is 3.48. The van der Waals surface area contributed by atoms with Gasteiger partial charge in [0.1, 0.15) is 0 Å². The highest BCUT2D eigenvalue weighted by Crippen LogP contribution is 2.26. The summed E-state index contributed by atoms with van der Waals surface area (Å²) in [5, 5.41) is 4.50. The average Bonchev–Trinajstić information content (AvgIpc) is 2.98. The third-order valence-corrected chi connectivity index (χ3v) is 4.26. The van der Waals surface area contributed by atoms with E-state index in [1.165, 1.54) is 16.6 Å². The molecule has 23 heavy (non-hydrogen) atoms. The molecule has 0 spiro atoms. The minimum atomic E-state index is -0.238. The number of rotatable bonds is 3. The van der Waals surface area contributed by atoms with E-state index in [9.17, 15) is 4.79 Å². The van der Waals surface area contributed by atoms with Crippen molar-refractivity contribution in [3.8, 4) is 0 Å². The highest BCUT2D eigenvalue weighted by Gasteiger charge is 2.26. The number of benzene rings is 2. The number of aromatic amines is 1. The molecule has 2 heterocycles. The summed E-state index contributed by atoms with van der Waals surface area (Å²) in [6.07, 6.45) is 0.682. The van der Waals surface area contributed by atoms with E-state index in [4.69, 9.17) is 0 Å². The Morgan fingerprint density at radius 1 is 1.04 bits per heavy atom. The molecule has 4 rings (SSSR count). The molecule has 0 saturated heterocycles. The van der Waals surface area contributed by atoms with Gasteiger partial charge in [-0.25, -0.2) is 0 Å². The first-order valence-electron chi connectivity index (χ1n) is 7.74. The lowest BCUT2D eigenvalue weighted by Gasteiger charge is -2.23. The van der Waals surface area contributed by atoms with E-state index in [0.29, 0.717) is 13.0 Å². The summed E-state index contributed by atoms with van der Waals surface area (Å²) in [7, 11) is 0. The number of aromatic nitrogens is 1. The van der Waals surface area contributed by atoms with E-state index in [-0.39, 0.29) is 11.9 Å². The number of carbonyl (C=O) groups excluding carboxylic acids is 1. The number of hydrogen-bond donors (Lipinski definition) is 4. The summed E-state index contributed by atoms with van der Waals surface area (Å²) < 4.78 is 0. The molecule has 116 valence electrons. The molecule has 1 aliphatic rings. The maximum absolute atomic E-state index is 12.4. The molecule has 1 unspecified atom stereocenters. The molecule has 0 saturated carbocycles. The zero-order chi connectivity index (χ0) is 15.6. The maximum atomic E-state index is 12.4. The van der Waals surface area contributed by atoms with Crippen LogP contribution in [0.4, 0.5) is 5.69 Å². The van der Waals surface area contributed by atoms with Gasteiger partial charge in [0.15, 0.2) is 0 Å². The lowest BCUT2D eigenvalue weighted by atomic mass is 9.98. The van der Waals surface area contributed by atoms with E-state index in [1.54, 1.807) is 0 Å². The van der Waals surface area contributed by atoms with Crippen LogP contribution < -0.4 is 16.2 Å². The highest BCUT2D eigenvalue weighted by atomic mass is 16.2. The van der Waals surface area contributed by atoms with Crippen molar-refractivity contribution in [3.05, 3.63) is 65.9 Å². The second kappa shape index (κ2) is 5.78. The van der Waals surface area contributed by atoms with E-state index >= 15 is 0 Å². The number of fused-ring (bicyclic) bond motifs is 3. The van der Waals surface area contributed by atoms with Crippen LogP contribution in [0.5, 0.6) is 0 Å². The number of para-hydroxylation sites is 2. The zero-order valence-electron chi connectivity index (χ0n) is 12.6. The quantitative estimate of drug-likeness (QED) is 0.561. The molecule has 1 amide bonds. The molecule has 0 radical (unpaired) electrons. The Bertz CT molecular complexity index is 841. The number of H-pyrrole nitrogens is 1. The van der Waals surface area contributed by atoms with E-state index in [1.807, 2.05) is 42.5 Å². The zero-order valence-corrected chi connectivity index (χ0v) is 12.6. The fourth-order valence-electron chi connectivity index (χ4n) is 3.07. The molecule has 4 N–H and O–H groups in total. The molecule has 1 aromatic heterocycles. The Hall–Kier alpha value is -2.79. The number of carbonyl (C=O) groups is 1. The second-order valence-electron chi connectivity index (χ2n) is 5.75. The lowest BCUT2D eigenvalue weighted by molar-refractivity contribution is -0.122. The van der Waals surface area contributed by atoms with Gasteiger partial charge in [0.2, 0.25) is 0 Å². The first-order valence-corrected chi connectivity index (χ1v) is 7.74. The van der Waals surface area contributed by atoms with Gasteiger partial charge in [-0.05, 0) is 30.2 Å². The first-order chi connectivity index (χ1) is 11.3. The van der Waals surface area contributed by atoms with Crippen LogP contribution in [0, 0.1) is 0 Å². The molecule has 2 aromatic carbocycles. The standard InChI is InChI=1S/C18H18N4O/c23-18(22-21-12-6-2-1-3-7-12)16-10-14-13-8-4-5-9-15(13)20-17(14)11-19-16/h1-9,16,19-21H,10-11H2,(H,22,23). The van der Waals surface area contributed by atoms with Gasteiger partial charge in [-0.1, -0.05) is 36.4 Å². The summed E-state index contributed by atoms with van der Waals surface area (Å²) in [5.74, 6) is -0.0511. The van der Waals surface area contributed by atoms with Crippen LogP contribution in [-0.2, 0) is 17.8 Å². The fraction of sp³-hybridized carbons (Fsp3) is 0.167. The van der Waals surface area contributed by atoms with Crippen molar-refractivity contribution >= 4 is 22.5 Å². The van der Waals surface area contributed by atoms with Crippen molar-refractivity contribution in [1.29, 1.82) is 0 Å². The Labute approximate surface area is 134 Å². The van der Waals surface area contributed by atoms with Crippen LogP contribution in [-0.4, -0.2) is 16.9 Å². The second-order valence-corrected chi connectivity index (χ2v) is 5.75. The van der Waals surface area contributed by atoms with Crippen molar-refractivity contribution in [3.63, 3.8) is 0 Å². The molecule has 5 nitrogen and oxygen atoms in total. The third-order valence-electron chi connectivity index (χ3n) is 4.26. The van der Waals surface area contributed by atoms with Crippen LogP contribution in [0.25, 0.3) is 10.9 Å². The van der Waals surface area contributed by atoms with Crippen LogP contribution in [0.2, 0.25) is 0 Å². The summed E-state index contributed by atoms with van der Waals surface area (Å²) >= 11 is 0. The summed E-state index contributed by atoms with van der Waals surface area (Å²) in [6, 6.07) is 17.6. The van der Waals surface area contributed by atoms with Gasteiger partial charge >= 0.3 is 0 Å². The molecule has 1 aliphatic heterocycles. The largest absolute Gasteiger partial charge is 0.357 e. The van der Waals surface area contributed by atoms with Gasteiger partial charge in [-0.2, -0.15) is 0 Å². The van der Waals surface area contributed by atoms with Gasteiger partial charge in [0.25, 0.3) is 5.91 Å². The summed E-state index contributed by atoms with van der Waals surface area (Å²) in [5.41, 5.74) is 10.1. The SMILES string of the molecule is O=C(NNc1ccccc1)C1Cc2c([nH]c3ccccc23)CN1. The van der Waals surface area contributed by atoms with Crippen LogP contribution in [0.3, 0.4) is 0 Å². The van der Waals surface area contributed by atoms with Crippen LogP contribution >= 0.6 is 0 Å². The lowest BCUT2D eigenvalue weighted by Crippen LogP contribution is -2.49. The molecule has 0 aliphatic carbocycles. The predicted octanol–water partition coefficient (Wildman–Crippen LogP) is 2.33. The molecule has 5 heteroatoms. The van der Waals surface area contributed by atoms with Crippen LogP contribution in [0.1, 0.15) is 11.3 Å². The Morgan fingerprint density at radius 2 is 1.83 bits per heavy atom. The van der Waals surface area contributed by atoms with E-state index in [2.05, 4.69) is 33.3 Å². The average molecular weight is 306 g/mol. The van der Waals surface area contributed by atoms with Gasteiger partial charge in [0.05, 0.1) is 11.7 Å². The van der Waals surface area contributed by atoms with E-state index < -0.39 is 0 Å². The van der Waals surface area contributed by atoms with Crippen molar-refractivity contribution in [2.45, 2.75) is 19.0 Å². The highest BCUT2D eigenvalue weighted by molar-refractivity contribution is 5.88. The number of hydrogen-bond acceptors (Lipinski definition) is 3. The molecule has 1 atom stereocenters. The molecule has 3 aromatic rings. The minimum Gasteiger partial charge on any atom is -0.357 e. The number of anilines is 1. The Morgan fingerprint density at radius 3 is 2.70 bits per heavy atom. The van der Waals surface area contributed by atoms with Gasteiger partial charge in [-0.3, -0.25) is 21.0 Å². The van der Waals surface area contributed by atoms with Crippen molar-refractivity contribution in [1.82, 2.24) is 15.7 Å². The molecular formula is C18H18N4O. The topological polar surface area (TPSA) is 69.0 Å². The number of amides is 1. The maximum Gasteiger partial charge on any atom is 0.255 e. The third kappa shape index (κ3) is 2.66. The van der Waals surface area contributed by atoms with Crippen molar-refractivity contribution in [2.24, 2.45) is 0 Å². The minimum absolute atomic E-state index is 0.0511. The fourth-order valence-corrected chi connectivity index (χ4v) is 3.07. The van der Waals surface area contributed by atoms with E-state index in [0.717, 1.165) is 11.2 Å². The molecular weight excluding hydrogens is 288 g/mol. The smallest absolute Gasteiger partial charge is 0.255 e. The van der Waals surface area contributed by atoms with Crippen molar-refractivity contribution < 1.29 is 4.79 Å². The van der Waals surface area contributed by atoms with Gasteiger partial charge in [-0.15, -0.1) is 0 Å². The monoisotopic (exact) mass is 306 g/mol. The summed E-state index contributed by atoms with van der Waals surface area (Å²) in [4.78, 5) is 15.8. The number of nitrogens with one attached hydrogen (secondary N) is 4. The van der Waals surface area contributed by atoms with Gasteiger partial charge in [0, 0.05) is 23.1 Å². The first kappa shape index (κ1) is 13.8. The normalized spacial score (nSPS) is 16.8. The van der Waals surface area contributed by atoms with Crippen molar-refractivity contribution in [2.75, 3.05) is 5.43 Å². The van der Waals surface area contributed by atoms with Gasteiger partial charge < -0.3 is 4.98 Å². The molecule has 0 fully saturated rings. The molecule has 0 bridgehead atoms.